The maximum Gasteiger partial charge on any atom is 0.138 e. The van der Waals surface area contributed by atoms with Crippen molar-refractivity contribution in [3.05, 3.63) is 63.2 Å². The lowest BCUT2D eigenvalue weighted by molar-refractivity contribution is 0.317. The molecule has 27 heavy (non-hydrogen) atoms. The van der Waals surface area contributed by atoms with Gasteiger partial charge >= 0.3 is 0 Å². The van der Waals surface area contributed by atoms with Crippen molar-refractivity contribution in [2.24, 2.45) is 0 Å². The van der Waals surface area contributed by atoms with E-state index in [0.29, 0.717) is 11.6 Å². The van der Waals surface area contributed by atoms with E-state index in [0.717, 1.165) is 33.4 Å². The standard InChI is InChI=1S/C19H17BrClNO.2C2H6/c1-2-9-23-19-10-13(4-8-17(19)21)3-7-16-11-14-5-6-15(20)12-18(14)22-16;2*1-2/h3-8,10-12,22H,2,9H2,1H3;2*1-2H3/b7-3+;;. The fraction of sp³-hybridized carbons (Fsp3) is 0.304. The fourth-order valence-electron chi connectivity index (χ4n) is 2.34. The summed E-state index contributed by atoms with van der Waals surface area (Å²) in [6.07, 6.45) is 5.07. The van der Waals surface area contributed by atoms with Crippen LogP contribution in [-0.2, 0) is 0 Å². The van der Waals surface area contributed by atoms with Crippen LogP contribution in [0.25, 0.3) is 23.1 Å². The van der Waals surface area contributed by atoms with Gasteiger partial charge in [-0.05, 0) is 48.4 Å². The molecule has 1 N–H and O–H groups in total. The van der Waals surface area contributed by atoms with Gasteiger partial charge in [-0.3, -0.25) is 0 Å². The number of fused-ring (bicyclic) bond motifs is 1. The molecule has 1 aromatic heterocycles. The molecule has 0 aliphatic heterocycles. The van der Waals surface area contributed by atoms with Gasteiger partial charge in [-0.2, -0.15) is 0 Å². The highest BCUT2D eigenvalue weighted by molar-refractivity contribution is 9.10. The van der Waals surface area contributed by atoms with Crippen molar-refractivity contribution in [1.82, 2.24) is 4.98 Å². The summed E-state index contributed by atoms with van der Waals surface area (Å²) in [5, 5.41) is 1.84. The van der Waals surface area contributed by atoms with Gasteiger partial charge in [-0.25, -0.2) is 0 Å². The lowest BCUT2D eigenvalue weighted by Gasteiger charge is -2.07. The molecular weight excluding hydrogens is 422 g/mol. The van der Waals surface area contributed by atoms with Gasteiger partial charge < -0.3 is 9.72 Å². The molecule has 0 saturated carbocycles. The minimum Gasteiger partial charge on any atom is -0.492 e. The molecule has 0 aliphatic rings. The molecule has 0 bridgehead atoms. The first-order valence-electron chi connectivity index (χ1n) is 9.54. The normalized spacial score (nSPS) is 10.2. The van der Waals surface area contributed by atoms with Crippen molar-refractivity contribution >= 4 is 50.6 Å². The molecule has 2 nitrogen and oxygen atoms in total. The minimum absolute atomic E-state index is 0.645. The number of ether oxygens (including phenoxy) is 1. The number of nitrogens with one attached hydrogen (secondary N) is 1. The van der Waals surface area contributed by atoms with Gasteiger partial charge in [0.25, 0.3) is 0 Å². The average Bonchev–Trinajstić information content (AvgIpc) is 3.11. The van der Waals surface area contributed by atoms with Crippen molar-refractivity contribution in [3.8, 4) is 5.75 Å². The van der Waals surface area contributed by atoms with Crippen LogP contribution < -0.4 is 4.74 Å². The number of benzene rings is 2. The summed E-state index contributed by atoms with van der Waals surface area (Å²) < 4.78 is 6.73. The maximum absolute atomic E-state index is 6.16. The summed E-state index contributed by atoms with van der Waals surface area (Å²) in [6.45, 7) is 10.7. The maximum atomic E-state index is 6.16. The summed E-state index contributed by atoms with van der Waals surface area (Å²) in [5.74, 6) is 0.733. The lowest BCUT2D eigenvalue weighted by atomic mass is 10.2. The van der Waals surface area contributed by atoms with Crippen LogP contribution in [0.1, 0.15) is 52.3 Å². The predicted octanol–water partition coefficient (Wildman–Crippen LogP) is 8.60. The van der Waals surface area contributed by atoms with Gasteiger partial charge in [0.1, 0.15) is 5.75 Å². The third-order valence-electron chi connectivity index (χ3n) is 3.48. The SMILES string of the molecule is CC.CC.CCCOc1cc(/C=C/c2cc3ccc(Br)cc3[nH]2)ccc1Cl. The molecule has 4 heteroatoms. The van der Waals surface area contributed by atoms with Crippen molar-refractivity contribution in [1.29, 1.82) is 0 Å². The molecule has 3 aromatic rings. The summed E-state index contributed by atoms with van der Waals surface area (Å²) in [5.41, 5.74) is 3.23. The van der Waals surface area contributed by atoms with Gasteiger partial charge in [0.05, 0.1) is 11.6 Å². The van der Waals surface area contributed by atoms with Gasteiger partial charge in [-0.15, -0.1) is 0 Å². The quantitative estimate of drug-likeness (QED) is 0.413. The molecule has 3 rings (SSSR count). The summed E-state index contributed by atoms with van der Waals surface area (Å²) in [4.78, 5) is 3.39. The van der Waals surface area contributed by atoms with E-state index in [2.05, 4.69) is 58.2 Å². The highest BCUT2D eigenvalue weighted by atomic mass is 79.9. The predicted molar refractivity (Wildman–Crippen MR) is 125 cm³/mol. The summed E-state index contributed by atoms with van der Waals surface area (Å²) in [7, 11) is 0. The number of hydrogen-bond acceptors (Lipinski definition) is 1. The molecule has 0 unspecified atom stereocenters. The van der Waals surface area contributed by atoms with Crippen molar-refractivity contribution < 1.29 is 4.74 Å². The number of aromatic nitrogens is 1. The monoisotopic (exact) mass is 449 g/mol. The zero-order valence-corrected chi connectivity index (χ0v) is 19.1. The molecule has 0 aliphatic carbocycles. The van der Waals surface area contributed by atoms with Crippen LogP contribution in [0.4, 0.5) is 0 Å². The van der Waals surface area contributed by atoms with E-state index in [4.69, 9.17) is 16.3 Å². The van der Waals surface area contributed by atoms with Crippen LogP contribution in [0.2, 0.25) is 5.02 Å². The highest BCUT2D eigenvalue weighted by Gasteiger charge is 2.02. The number of aromatic amines is 1. The van der Waals surface area contributed by atoms with E-state index in [1.807, 2.05) is 52.0 Å². The highest BCUT2D eigenvalue weighted by Crippen LogP contribution is 2.27. The van der Waals surface area contributed by atoms with E-state index in [1.165, 1.54) is 5.39 Å². The Morgan fingerprint density at radius 3 is 2.44 bits per heavy atom. The Kier molecular flexibility index (Phi) is 10.9. The van der Waals surface area contributed by atoms with E-state index < -0.39 is 0 Å². The van der Waals surface area contributed by atoms with Crippen LogP contribution in [0, 0.1) is 0 Å². The Labute approximate surface area is 176 Å². The van der Waals surface area contributed by atoms with Crippen LogP contribution in [-0.4, -0.2) is 11.6 Å². The van der Waals surface area contributed by atoms with Gasteiger partial charge in [0.2, 0.25) is 0 Å². The topological polar surface area (TPSA) is 25.0 Å². The smallest absolute Gasteiger partial charge is 0.138 e. The van der Waals surface area contributed by atoms with Gasteiger partial charge in [0.15, 0.2) is 0 Å². The van der Waals surface area contributed by atoms with E-state index >= 15 is 0 Å². The second-order valence-corrected chi connectivity index (χ2v) is 6.65. The zero-order chi connectivity index (χ0) is 20.2. The Hall–Kier alpha value is -1.71. The molecule has 0 saturated heterocycles. The minimum atomic E-state index is 0.645. The number of rotatable bonds is 5. The molecule has 0 spiro atoms. The Morgan fingerprint density at radius 1 is 1.00 bits per heavy atom. The molecule has 0 amide bonds. The summed E-state index contributed by atoms with van der Waals surface area (Å²) >= 11 is 9.65. The van der Waals surface area contributed by atoms with Crippen molar-refractivity contribution in [3.63, 3.8) is 0 Å². The molecule has 146 valence electrons. The third kappa shape index (κ3) is 7.08. The fourth-order valence-corrected chi connectivity index (χ4v) is 2.88. The van der Waals surface area contributed by atoms with Crippen molar-refractivity contribution in [2.45, 2.75) is 41.0 Å². The first-order chi connectivity index (χ1) is 13.2. The van der Waals surface area contributed by atoms with Crippen LogP contribution in [0.15, 0.2) is 46.9 Å². The molecule has 0 atom stereocenters. The number of H-pyrrole nitrogens is 1. The first kappa shape index (κ1) is 23.3. The Balaban J connectivity index is 0.000000855. The largest absolute Gasteiger partial charge is 0.492 e. The molecule has 2 aromatic carbocycles. The number of hydrogen-bond donors (Lipinski definition) is 1. The first-order valence-corrected chi connectivity index (χ1v) is 10.7. The Morgan fingerprint density at radius 2 is 1.74 bits per heavy atom. The molecule has 0 radical (unpaired) electrons. The van der Waals surface area contributed by atoms with E-state index in [1.54, 1.807) is 0 Å². The van der Waals surface area contributed by atoms with Crippen LogP contribution in [0.3, 0.4) is 0 Å². The van der Waals surface area contributed by atoms with Gasteiger partial charge in [0, 0.05) is 21.1 Å². The molecular formula is C23H29BrClNO. The second-order valence-electron chi connectivity index (χ2n) is 5.33. The van der Waals surface area contributed by atoms with Crippen LogP contribution >= 0.6 is 27.5 Å². The Bertz CT molecular complexity index is 855. The summed E-state index contributed by atoms with van der Waals surface area (Å²) in [6, 6.07) is 14.2. The van der Waals surface area contributed by atoms with Crippen LogP contribution in [0.5, 0.6) is 5.75 Å². The molecule has 0 fully saturated rings. The van der Waals surface area contributed by atoms with Gasteiger partial charge in [-0.1, -0.05) is 80.4 Å². The average molecular weight is 451 g/mol. The van der Waals surface area contributed by atoms with E-state index in [9.17, 15) is 0 Å². The lowest BCUT2D eigenvalue weighted by Crippen LogP contribution is -1.95. The number of halogens is 2. The molecule has 1 heterocycles. The van der Waals surface area contributed by atoms with E-state index in [-0.39, 0.29) is 0 Å². The van der Waals surface area contributed by atoms with Crippen molar-refractivity contribution in [2.75, 3.05) is 6.61 Å². The zero-order valence-electron chi connectivity index (χ0n) is 16.8. The second kappa shape index (κ2) is 12.6. The third-order valence-corrected chi connectivity index (χ3v) is 4.28.